The van der Waals surface area contributed by atoms with Crippen LogP contribution in [0.5, 0.6) is 5.75 Å². The molecule has 2 rings (SSSR count). The maximum atomic E-state index is 5.95. The van der Waals surface area contributed by atoms with Crippen molar-refractivity contribution in [3.05, 3.63) is 29.8 Å². The lowest BCUT2D eigenvalue weighted by molar-refractivity contribution is -0.0971. The predicted octanol–water partition coefficient (Wildman–Crippen LogP) is 2.58. The molecule has 1 aromatic rings. The van der Waals surface area contributed by atoms with Crippen molar-refractivity contribution in [2.24, 2.45) is 10.4 Å². The number of halogens is 1. The Balaban J connectivity index is 0.00000264. The van der Waals surface area contributed by atoms with Gasteiger partial charge in [-0.25, -0.2) is 0 Å². The molecule has 1 heterocycles. The molecule has 130 valence electrons. The SMILES string of the molecule is CN=C(NCC(C)Oc1ccccc1C)NCC1(C)COC1.I. The third kappa shape index (κ3) is 6.18. The molecule has 1 saturated heterocycles. The van der Waals surface area contributed by atoms with Gasteiger partial charge in [0.15, 0.2) is 5.96 Å². The van der Waals surface area contributed by atoms with Gasteiger partial charge in [0.05, 0.1) is 19.8 Å². The van der Waals surface area contributed by atoms with Crippen molar-refractivity contribution in [2.45, 2.75) is 26.9 Å². The van der Waals surface area contributed by atoms with Gasteiger partial charge in [-0.1, -0.05) is 25.1 Å². The number of benzene rings is 1. The van der Waals surface area contributed by atoms with Gasteiger partial charge in [-0.3, -0.25) is 4.99 Å². The highest BCUT2D eigenvalue weighted by atomic mass is 127. The average molecular weight is 433 g/mol. The molecule has 2 N–H and O–H groups in total. The van der Waals surface area contributed by atoms with Crippen LogP contribution in [0.15, 0.2) is 29.3 Å². The Labute approximate surface area is 156 Å². The van der Waals surface area contributed by atoms with Crippen LogP contribution in [0.1, 0.15) is 19.4 Å². The Bertz CT molecular complexity index is 518. The van der Waals surface area contributed by atoms with E-state index in [0.717, 1.165) is 37.0 Å². The number of guanidine groups is 1. The highest BCUT2D eigenvalue weighted by Gasteiger charge is 2.33. The number of hydrogen-bond donors (Lipinski definition) is 2. The van der Waals surface area contributed by atoms with E-state index >= 15 is 0 Å². The quantitative estimate of drug-likeness (QED) is 0.412. The minimum absolute atomic E-state index is 0. The molecule has 1 unspecified atom stereocenters. The number of aryl methyl sites for hydroxylation is 1. The molecule has 0 bridgehead atoms. The van der Waals surface area contributed by atoms with E-state index in [4.69, 9.17) is 9.47 Å². The van der Waals surface area contributed by atoms with E-state index in [1.54, 1.807) is 7.05 Å². The van der Waals surface area contributed by atoms with E-state index in [9.17, 15) is 0 Å². The first-order valence-electron chi connectivity index (χ1n) is 7.77. The molecule has 0 spiro atoms. The smallest absolute Gasteiger partial charge is 0.191 e. The van der Waals surface area contributed by atoms with Crippen LogP contribution < -0.4 is 15.4 Å². The Morgan fingerprint density at radius 3 is 2.61 bits per heavy atom. The number of rotatable bonds is 6. The fourth-order valence-corrected chi connectivity index (χ4v) is 2.26. The van der Waals surface area contributed by atoms with E-state index in [1.807, 2.05) is 25.1 Å². The minimum Gasteiger partial charge on any atom is -0.489 e. The lowest BCUT2D eigenvalue weighted by Gasteiger charge is -2.38. The molecule has 1 aliphatic heterocycles. The van der Waals surface area contributed by atoms with Crippen LogP contribution in [0.2, 0.25) is 0 Å². The van der Waals surface area contributed by atoms with Gasteiger partial charge >= 0.3 is 0 Å². The van der Waals surface area contributed by atoms with Crippen LogP contribution >= 0.6 is 24.0 Å². The molecule has 23 heavy (non-hydrogen) atoms. The van der Waals surface area contributed by atoms with Gasteiger partial charge in [0.25, 0.3) is 0 Å². The number of ether oxygens (including phenoxy) is 2. The first kappa shape index (κ1) is 20.0. The topological polar surface area (TPSA) is 54.9 Å². The summed E-state index contributed by atoms with van der Waals surface area (Å²) in [6.45, 7) is 9.49. The van der Waals surface area contributed by atoms with Crippen LogP contribution in [-0.4, -0.2) is 45.4 Å². The molecule has 1 aromatic carbocycles. The summed E-state index contributed by atoms with van der Waals surface area (Å²) < 4.78 is 11.2. The standard InChI is InChI=1S/C17H27N3O2.HI/c1-13-7-5-6-8-15(13)22-14(2)9-19-16(18-4)20-10-17(3)11-21-12-17;/h5-8,14H,9-12H2,1-4H3,(H2,18,19,20);1H. The van der Waals surface area contributed by atoms with Gasteiger partial charge in [-0.2, -0.15) is 0 Å². The Kier molecular flexibility index (Phi) is 8.11. The van der Waals surface area contributed by atoms with Gasteiger partial charge in [-0.15, -0.1) is 24.0 Å². The summed E-state index contributed by atoms with van der Waals surface area (Å²) in [6.07, 6.45) is 0.0577. The molecular weight excluding hydrogens is 405 g/mol. The van der Waals surface area contributed by atoms with E-state index in [2.05, 4.69) is 35.5 Å². The first-order valence-corrected chi connectivity index (χ1v) is 7.77. The number of hydrogen-bond acceptors (Lipinski definition) is 3. The van der Waals surface area contributed by atoms with Crippen LogP contribution in [0, 0.1) is 12.3 Å². The van der Waals surface area contributed by atoms with Crippen molar-refractivity contribution in [3.63, 3.8) is 0 Å². The molecule has 5 nitrogen and oxygen atoms in total. The second kappa shape index (κ2) is 9.32. The minimum atomic E-state index is 0. The lowest BCUT2D eigenvalue weighted by Crippen LogP contribution is -2.51. The highest BCUT2D eigenvalue weighted by molar-refractivity contribution is 14.0. The van der Waals surface area contributed by atoms with Crippen molar-refractivity contribution in [1.29, 1.82) is 0 Å². The summed E-state index contributed by atoms with van der Waals surface area (Å²) in [5, 5.41) is 6.65. The summed E-state index contributed by atoms with van der Waals surface area (Å²) >= 11 is 0. The first-order chi connectivity index (χ1) is 10.5. The zero-order chi connectivity index (χ0) is 16.0. The van der Waals surface area contributed by atoms with Crippen LogP contribution in [0.3, 0.4) is 0 Å². The Hall–Kier alpha value is -1.02. The van der Waals surface area contributed by atoms with E-state index in [0.29, 0.717) is 6.54 Å². The van der Waals surface area contributed by atoms with Gasteiger partial charge in [0.1, 0.15) is 11.9 Å². The second-order valence-electron chi connectivity index (χ2n) is 6.30. The molecule has 0 radical (unpaired) electrons. The van der Waals surface area contributed by atoms with E-state index < -0.39 is 0 Å². The van der Waals surface area contributed by atoms with Gasteiger partial charge in [-0.05, 0) is 25.5 Å². The largest absolute Gasteiger partial charge is 0.489 e. The maximum absolute atomic E-state index is 5.95. The monoisotopic (exact) mass is 433 g/mol. The number of para-hydroxylation sites is 1. The fourth-order valence-electron chi connectivity index (χ4n) is 2.26. The summed E-state index contributed by atoms with van der Waals surface area (Å²) in [5.41, 5.74) is 1.37. The fraction of sp³-hybridized carbons (Fsp3) is 0.588. The maximum Gasteiger partial charge on any atom is 0.191 e. The van der Waals surface area contributed by atoms with Crippen LogP contribution in [-0.2, 0) is 4.74 Å². The summed E-state index contributed by atoms with van der Waals surface area (Å²) in [6, 6.07) is 8.06. The molecular formula is C17H28IN3O2. The van der Waals surface area contributed by atoms with Gasteiger partial charge < -0.3 is 20.1 Å². The van der Waals surface area contributed by atoms with Crippen LogP contribution in [0.4, 0.5) is 0 Å². The van der Waals surface area contributed by atoms with Crippen molar-refractivity contribution in [3.8, 4) is 5.75 Å². The molecule has 0 aliphatic carbocycles. The second-order valence-corrected chi connectivity index (χ2v) is 6.30. The molecule has 1 aliphatic rings. The highest BCUT2D eigenvalue weighted by Crippen LogP contribution is 2.24. The van der Waals surface area contributed by atoms with Gasteiger partial charge in [0.2, 0.25) is 0 Å². The number of nitrogens with zero attached hydrogens (tertiary/aromatic N) is 1. The van der Waals surface area contributed by atoms with Crippen molar-refractivity contribution in [2.75, 3.05) is 33.4 Å². The van der Waals surface area contributed by atoms with E-state index in [-0.39, 0.29) is 35.5 Å². The zero-order valence-electron chi connectivity index (χ0n) is 14.4. The van der Waals surface area contributed by atoms with Gasteiger partial charge in [0, 0.05) is 19.0 Å². The third-order valence-corrected chi connectivity index (χ3v) is 3.79. The Morgan fingerprint density at radius 1 is 1.35 bits per heavy atom. The normalized spacial score (nSPS) is 17.5. The lowest BCUT2D eigenvalue weighted by atomic mass is 9.89. The van der Waals surface area contributed by atoms with E-state index in [1.165, 1.54) is 0 Å². The van der Waals surface area contributed by atoms with Crippen LogP contribution in [0.25, 0.3) is 0 Å². The molecule has 1 atom stereocenters. The van der Waals surface area contributed by atoms with Crippen molar-refractivity contribution >= 4 is 29.9 Å². The molecule has 0 saturated carbocycles. The number of aliphatic imine (C=N–C) groups is 1. The molecule has 6 heteroatoms. The summed E-state index contributed by atoms with van der Waals surface area (Å²) in [7, 11) is 1.78. The molecule has 1 fully saturated rings. The zero-order valence-corrected chi connectivity index (χ0v) is 16.7. The number of nitrogens with one attached hydrogen (secondary N) is 2. The van der Waals surface area contributed by atoms with Crippen molar-refractivity contribution < 1.29 is 9.47 Å². The third-order valence-electron chi connectivity index (χ3n) is 3.79. The molecule has 0 aromatic heterocycles. The average Bonchev–Trinajstić information content (AvgIpc) is 2.48. The van der Waals surface area contributed by atoms with Crippen molar-refractivity contribution in [1.82, 2.24) is 10.6 Å². The summed E-state index contributed by atoms with van der Waals surface area (Å²) in [4.78, 5) is 4.24. The summed E-state index contributed by atoms with van der Waals surface area (Å²) in [5.74, 6) is 1.73. The Morgan fingerprint density at radius 2 is 2.04 bits per heavy atom. The predicted molar refractivity (Wildman–Crippen MR) is 105 cm³/mol. The molecule has 0 amide bonds.